The van der Waals surface area contributed by atoms with Crippen LogP contribution in [0.1, 0.15) is 15.2 Å². The molecule has 1 N–H and O–H groups in total. The van der Waals surface area contributed by atoms with Crippen molar-refractivity contribution in [2.75, 3.05) is 6.54 Å². The first kappa shape index (κ1) is 15.8. The maximum Gasteiger partial charge on any atom is 0.256 e. The molecule has 0 fully saturated rings. The average Bonchev–Trinajstić information content (AvgIpc) is 3.04. The number of carbonyl (C=O) groups excluding carboxylic acids is 1. The lowest BCUT2D eigenvalue weighted by atomic mass is 10.1. The van der Waals surface area contributed by atoms with E-state index in [4.69, 9.17) is 11.6 Å². The van der Waals surface area contributed by atoms with Crippen molar-refractivity contribution >= 4 is 39.7 Å². The number of carbonyl (C=O) groups is 1. The Bertz CT molecular complexity index is 916. The summed E-state index contributed by atoms with van der Waals surface area (Å²) in [6, 6.07) is 9.10. The molecule has 118 valence electrons. The number of hydrogen-bond acceptors (Lipinski definition) is 3. The number of aryl methyl sites for hydroxylation is 1. The SMILES string of the molecule is Cn1cc(C(=O)NCCc2cccs2)c(=O)c2cc(Cl)ccc21. The van der Waals surface area contributed by atoms with Crippen molar-refractivity contribution in [2.24, 2.45) is 7.05 Å². The van der Waals surface area contributed by atoms with E-state index in [2.05, 4.69) is 5.32 Å². The van der Waals surface area contributed by atoms with Crippen molar-refractivity contribution < 1.29 is 4.79 Å². The highest BCUT2D eigenvalue weighted by molar-refractivity contribution is 7.09. The molecule has 3 aromatic rings. The van der Waals surface area contributed by atoms with Gasteiger partial charge < -0.3 is 9.88 Å². The van der Waals surface area contributed by atoms with Crippen LogP contribution >= 0.6 is 22.9 Å². The minimum atomic E-state index is -0.357. The van der Waals surface area contributed by atoms with E-state index in [0.29, 0.717) is 17.0 Å². The van der Waals surface area contributed by atoms with Crippen LogP contribution in [0.15, 0.2) is 46.7 Å². The van der Waals surface area contributed by atoms with E-state index in [1.165, 1.54) is 4.88 Å². The van der Waals surface area contributed by atoms with Gasteiger partial charge in [0.15, 0.2) is 0 Å². The molecule has 1 aromatic carbocycles. The van der Waals surface area contributed by atoms with Crippen molar-refractivity contribution in [3.63, 3.8) is 0 Å². The van der Waals surface area contributed by atoms with Crippen molar-refractivity contribution in [2.45, 2.75) is 6.42 Å². The monoisotopic (exact) mass is 346 g/mol. The maximum atomic E-state index is 12.5. The number of halogens is 1. The summed E-state index contributed by atoms with van der Waals surface area (Å²) in [7, 11) is 1.80. The molecule has 0 atom stereocenters. The summed E-state index contributed by atoms with van der Waals surface area (Å²) in [5, 5.41) is 5.73. The molecule has 0 unspecified atom stereocenters. The molecule has 0 bridgehead atoms. The fourth-order valence-electron chi connectivity index (χ4n) is 2.48. The Labute approximate surface area is 142 Å². The highest BCUT2D eigenvalue weighted by Gasteiger charge is 2.14. The molecule has 0 spiro atoms. The van der Waals surface area contributed by atoms with Crippen LogP contribution < -0.4 is 10.7 Å². The number of pyridine rings is 1. The molecule has 0 aliphatic heterocycles. The second-order valence-corrected chi connectivity index (χ2v) is 6.70. The Kier molecular flexibility index (Phi) is 4.50. The van der Waals surface area contributed by atoms with Crippen LogP contribution in [-0.4, -0.2) is 17.0 Å². The predicted octanol–water partition coefficient (Wildman–Crippen LogP) is 3.23. The predicted molar refractivity (Wildman–Crippen MR) is 94.6 cm³/mol. The van der Waals surface area contributed by atoms with Crippen LogP contribution in [0.5, 0.6) is 0 Å². The normalized spacial score (nSPS) is 10.9. The zero-order valence-corrected chi connectivity index (χ0v) is 14.1. The molecule has 1 amide bonds. The van der Waals surface area contributed by atoms with Gasteiger partial charge in [0.25, 0.3) is 5.91 Å². The van der Waals surface area contributed by atoms with E-state index in [9.17, 15) is 9.59 Å². The Balaban J connectivity index is 1.85. The van der Waals surface area contributed by atoms with E-state index in [-0.39, 0.29) is 16.9 Å². The molecule has 0 radical (unpaired) electrons. The van der Waals surface area contributed by atoms with E-state index < -0.39 is 0 Å². The summed E-state index contributed by atoms with van der Waals surface area (Å²) < 4.78 is 1.77. The van der Waals surface area contributed by atoms with Crippen LogP contribution in [0.2, 0.25) is 5.02 Å². The third kappa shape index (κ3) is 3.30. The Morgan fingerprint density at radius 2 is 2.17 bits per heavy atom. The third-order valence-corrected chi connectivity index (χ3v) is 4.80. The smallest absolute Gasteiger partial charge is 0.256 e. The van der Waals surface area contributed by atoms with Crippen LogP contribution in [0.3, 0.4) is 0 Å². The van der Waals surface area contributed by atoms with E-state index >= 15 is 0 Å². The molecule has 23 heavy (non-hydrogen) atoms. The fraction of sp³-hybridized carbons (Fsp3) is 0.176. The first-order valence-electron chi connectivity index (χ1n) is 7.16. The standard InChI is InChI=1S/C17H15ClN2O2S/c1-20-10-14(16(21)13-9-11(18)4-5-15(13)20)17(22)19-7-6-12-3-2-8-23-12/h2-5,8-10H,6-7H2,1H3,(H,19,22). The Hall–Kier alpha value is -2.11. The lowest BCUT2D eigenvalue weighted by Gasteiger charge is -2.09. The van der Waals surface area contributed by atoms with Gasteiger partial charge in [0, 0.05) is 35.1 Å². The maximum absolute atomic E-state index is 12.5. The second kappa shape index (κ2) is 6.56. The van der Waals surface area contributed by atoms with Crippen molar-refractivity contribution in [1.82, 2.24) is 9.88 Å². The summed E-state index contributed by atoms with van der Waals surface area (Å²) >= 11 is 7.62. The highest BCUT2D eigenvalue weighted by Crippen LogP contribution is 2.17. The van der Waals surface area contributed by atoms with Crippen molar-refractivity contribution in [3.8, 4) is 0 Å². The van der Waals surface area contributed by atoms with Crippen LogP contribution in [0, 0.1) is 0 Å². The third-order valence-electron chi connectivity index (χ3n) is 3.63. The molecule has 0 aliphatic rings. The summed E-state index contributed by atoms with van der Waals surface area (Å²) in [6.07, 6.45) is 2.32. The molecule has 3 rings (SSSR count). The minimum Gasteiger partial charge on any atom is -0.352 e. The molecular weight excluding hydrogens is 332 g/mol. The number of nitrogens with one attached hydrogen (secondary N) is 1. The Morgan fingerprint density at radius 3 is 2.91 bits per heavy atom. The quantitative estimate of drug-likeness (QED) is 0.788. The van der Waals surface area contributed by atoms with Gasteiger partial charge in [0.05, 0.1) is 5.52 Å². The van der Waals surface area contributed by atoms with E-state index in [1.807, 2.05) is 17.5 Å². The Morgan fingerprint density at radius 1 is 1.35 bits per heavy atom. The van der Waals surface area contributed by atoms with Crippen LogP contribution in [0.25, 0.3) is 10.9 Å². The zero-order chi connectivity index (χ0) is 16.4. The van der Waals surface area contributed by atoms with Gasteiger partial charge in [-0.15, -0.1) is 11.3 Å². The highest BCUT2D eigenvalue weighted by atomic mass is 35.5. The lowest BCUT2D eigenvalue weighted by Crippen LogP contribution is -2.31. The van der Waals surface area contributed by atoms with Gasteiger partial charge in [0.2, 0.25) is 5.43 Å². The number of benzene rings is 1. The van der Waals surface area contributed by atoms with Gasteiger partial charge in [-0.05, 0) is 36.1 Å². The lowest BCUT2D eigenvalue weighted by molar-refractivity contribution is 0.0952. The molecule has 0 saturated carbocycles. The molecule has 2 aromatic heterocycles. The van der Waals surface area contributed by atoms with Crippen molar-refractivity contribution in [1.29, 1.82) is 0 Å². The largest absolute Gasteiger partial charge is 0.352 e. The minimum absolute atomic E-state index is 0.133. The zero-order valence-electron chi connectivity index (χ0n) is 12.5. The van der Waals surface area contributed by atoms with Gasteiger partial charge >= 0.3 is 0 Å². The van der Waals surface area contributed by atoms with Crippen LogP contribution in [0.4, 0.5) is 0 Å². The topological polar surface area (TPSA) is 51.1 Å². The summed E-state index contributed by atoms with van der Waals surface area (Å²) in [4.78, 5) is 26.1. The molecular formula is C17H15ClN2O2S. The summed E-state index contributed by atoms with van der Waals surface area (Å²) in [5.74, 6) is -0.357. The van der Waals surface area contributed by atoms with Crippen LogP contribution in [-0.2, 0) is 13.5 Å². The number of thiophene rings is 1. The summed E-state index contributed by atoms with van der Waals surface area (Å²) in [5.41, 5.74) is 0.581. The van der Waals surface area contributed by atoms with Gasteiger partial charge in [-0.1, -0.05) is 17.7 Å². The van der Waals surface area contributed by atoms with Gasteiger partial charge in [-0.25, -0.2) is 0 Å². The molecule has 2 heterocycles. The number of aromatic nitrogens is 1. The molecule has 0 saturated heterocycles. The number of nitrogens with zero attached hydrogens (tertiary/aromatic N) is 1. The number of fused-ring (bicyclic) bond motifs is 1. The molecule has 4 nitrogen and oxygen atoms in total. The average molecular weight is 347 g/mol. The number of hydrogen-bond donors (Lipinski definition) is 1. The van der Waals surface area contributed by atoms with Crippen molar-refractivity contribution in [3.05, 3.63) is 67.6 Å². The molecule has 6 heteroatoms. The summed E-state index contributed by atoms with van der Waals surface area (Å²) in [6.45, 7) is 0.496. The second-order valence-electron chi connectivity index (χ2n) is 5.23. The molecule has 0 aliphatic carbocycles. The first-order chi connectivity index (χ1) is 11.1. The number of rotatable bonds is 4. The van der Waals surface area contributed by atoms with Gasteiger partial charge in [0.1, 0.15) is 5.56 Å². The number of amides is 1. The van der Waals surface area contributed by atoms with E-state index in [0.717, 1.165) is 11.9 Å². The van der Waals surface area contributed by atoms with Gasteiger partial charge in [-0.3, -0.25) is 9.59 Å². The van der Waals surface area contributed by atoms with Gasteiger partial charge in [-0.2, -0.15) is 0 Å². The van der Waals surface area contributed by atoms with E-state index in [1.54, 1.807) is 47.3 Å². The fourth-order valence-corrected chi connectivity index (χ4v) is 3.36. The first-order valence-corrected chi connectivity index (χ1v) is 8.41.